The summed E-state index contributed by atoms with van der Waals surface area (Å²) in [6, 6.07) is 0. The molecule has 1 amide bonds. The molecular weight excluding hydrogens is 256 g/mol. The second-order valence-corrected chi connectivity index (χ2v) is 6.95. The van der Waals surface area contributed by atoms with Crippen LogP contribution in [-0.2, 0) is 14.8 Å². The van der Waals surface area contributed by atoms with Crippen molar-refractivity contribution in [2.24, 2.45) is 0 Å². The predicted octanol–water partition coefficient (Wildman–Crippen LogP) is -0.359. The van der Waals surface area contributed by atoms with Gasteiger partial charge in [0.1, 0.15) is 0 Å². The van der Waals surface area contributed by atoms with Crippen LogP contribution in [0.25, 0.3) is 0 Å². The van der Waals surface area contributed by atoms with Crippen molar-refractivity contribution in [1.29, 1.82) is 0 Å². The van der Waals surface area contributed by atoms with Crippen LogP contribution in [0.15, 0.2) is 0 Å². The summed E-state index contributed by atoms with van der Waals surface area (Å²) in [5, 5.41) is 10.3. The average Bonchev–Trinajstić information content (AvgIpc) is 2.26. The van der Waals surface area contributed by atoms with E-state index in [4.69, 9.17) is 0 Å². The molecular formula is C11H22N2O4S. The van der Waals surface area contributed by atoms with E-state index in [0.717, 1.165) is 6.26 Å². The Morgan fingerprint density at radius 3 is 2.28 bits per heavy atom. The summed E-state index contributed by atoms with van der Waals surface area (Å²) in [5.74, 6) is -0.104. The molecule has 1 aliphatic rings. The van der Waals surface area contributed by atoms with Gasteiger partial charge in [-0.3, -0.25) is 4.79 Å². The van der Waals surface area contributed by atoms with Gasteiger partial charge in [0.25, 0.3) is 0 Å². The highest BCUT2D eigenvalue weighted by Gasteiger charge is 2.37. The maximum atomic E-state index is 11.8. The van der Waals surface area contributed by atoms with Crippen molar-refractivity contribution in [3.8, 4) is 0 Å². The van der Waals surface area contributed by atoms with Gasteiger partial charge in [-0.1, -0.05) is 0 Å². The van der Waals surface area contributed by atoms with Crippen LogP contribution in [0.1, 0.15) is 26.2 Å². The van der Waals surface area contributed by atoms with Crippen LogP contribution in [0, 0.1) is 0 Å². The second-order valence-electron chi connectivity index (χ2n) is 4.97. The summed E-state index contributed by atoms with van der Waals surface area (Å²) in [6.07, 6.45) is 1.84. The molecule has 1 N–H and O–H groups in total. The van der Waals surface area contributed by atoms with Gasteiger partial charge in [0.05, 0.1) is 18.3 Å². The number of sulfonamides is 1. The van der Waals surface area contributed by atoms with E-state index in [9.17, 15) is 18.3 Å². The van der Waals surface area contributed by atoms with Crippen molar-refractivity contribution < 1.29 is 18.3 Å². The van der Waals surface area contributed by atoms with E-state index in [1.165, 1.54) is 4.31 Å². The molecule has 0 saturated carbocycles. The molecule has 0 radical (unpaired) electrons. The third-order valence-electron chi connectivity index (χ3n) is 3.50. The van der Waals surface area contributed by atoms with Crippen molar-refractivity contribution in [2.75, 3.05) is 32.9 Å². The summed E-state index contributed by atoms with van der Waals surface area (Å²) in [7, 11) is -1.51. The molecule has 0 spiro atoms. The molecule has 1 saturated heterocycles. The normalized spacial score (nSPS) is 20.7. The lowest BCUT2D eigenvalue weighted by Gasteiger charge is -2.37. The van der Waals surface area contributed by atoms with E-state index in [2.05, 4.69) is 0 Å². The summed E-state index contributed by atoms with van der Waals surface area (Å²) in [6.45, 7) is 3.02. The minimum absolute atomic E-state index is 0.0644. The predicted molar refractivity (Wildman–Crippen MR) is 68.5 cm³/mol. The number of aliphatic hydroxyl groups is 1. The Morgan fingerprint density at radius 2 is 1.89 bits per heavy atom. The first kappa shape index (κ1) is 15.4. The van der Waals surface area contributed by atoms with E-state index in [1.54, 1.807) is 11.9 Å². The van der Waals surface area contributed by atoms with Crippen molar-refractivity contribution in [2.45, 2.75) is 31.8 Å². The first-order valence-corrected chi connectivity index (χ1v) is 7.94. The highest BCUT2D eigenvalue weighted by molar-refractivity contribution is 7.88. The van der Waals surface area contributed by atoms with Crippen molar-refractivity contribution in [1.82, 2.24) is 9.21 Å². The molecule has 0 unspecified atom stereocenters. The van der Waals surface area contributed by atoms with Crippen LogP contribution < -0.4 is 0 Å². The lowest BCUT2D eigenvalue weighted by molar-refractivity contribution is -0.136. The summed E-state index contributed by atoms with van der Waals surface area (Å²) in [5.41, 5.74) is -1.07. The molecule has 18 heavy (non-hydrogen) atoms. The maximum absolute atomic E-state index is 11.8. The largest absolute Gasteiger partial charge is 0.389 e. The van der Waals surface area contributed by atoms with E-state index in [0.29, 0.717) is 19.4 Å². The minimum atomic E-state index is -3.20. The van der Waals surface area contributed by atoms with Gasteiger partial charge >= 0.3 is 0 Å². The summed E-state index contributed by atoms with van der Waals surface area (Å²) >= 11 is 0. The molecule has 1 heterocycles. The molecule has 1 rings (SSSR count). The van der Waals surface area contributed by atoms with Gasteiger partial charge in [0.2, 0.25) is 15.9 Å². The van der Waals surface area contributed by atoms with Crippen LogP contribution in [-0.4, -0.2) is 67.2 Å². The minimum Gasteiger partial charge on any atom is -0.389 e. The zero-order valence-corrected chi connectivity index (χ0v) is 12.0. The Hall–Kier alpha value is -0.660. The zero-order chi connectivity index (χ0) is 14.0. The lowest BCUT2D eigenvalue weighted by atomic mass is 9.88. The van der Waals surface area contributed by atoms with Gasteiger partial charge in [0, 0.05) is 26.7 Å². The van der Waals surface area contributed by atoms with E-state index < -0.39 is 15.6 Å². The molecule has 0 atom stereocenters. The zero-order valence-electron chi connectivity index (χ0n) is 11.2. The van der Waals surface area contributed by atoms with Crippen LogP contribution >= 0.6 is 0 Å². The van der Waals surface area contributed by atoms with Gasteiger partial charge in [-0.2, -0.15) is 0 Å². The number of amides is 1. The average molecular weight is 278 g/mol. The summed E-state index contributed by atoms with van der Waals surface area (Å²) < 4.78 is 24.0. The molecule has 7 heteroatoms. The van der Waals surface area contributed by atoms with Crippen molar-refractivity contribution in [3.05, 3.63) is 0 Å². The number of carbonyl (C=O) groups excluding carboxylic acids is 1. The molecule has 1 aliphatic heterocycles. The molecule has 1 fully saturated rings. The number of piperidine rings is 1. The maximum Gasteiger partial charge on any atom is 0.225 e. The Morgan fingerprint density at radius 1 is 1.39 bits per heavy atom. The SMILES string of the molecule is CCN(C)C(=O)CC1(O)CCN(S(C)(=O)=O)CC1. The number of hydrogen-bond acceptors (Lipinski definition) is 4. The third-order valence-corrected chi connectivity index (χ3v) is 4.81. The van der Waals surface area contributed by atoms with Crippen molar-refractivity contribution >= 4 is 15.9 Å². The summed E-state index contributed by atoms with van der Waals surface area (Å²) in [4.78, 5) is 13.3. The first-order chi connectivity index (χ1) is 8.18. The van der Waals surface area contributed by atoms with Crippen molar-refractivity contribution in [3.63, 3.8) is 0 Å². The van der Waals surface area contributed by atoms with Crippen LogP contribution in [0.4, 0.5) is 0 Å². The fourth-order valence-electron chi connectivity index (χ4n) is 2.00. The molecule has 0 aromatic rings. The molecule has 106 valence electrons. The van der Waals surface area contributed by atoms with E-state index in [1.807, 2.05) is 6.92 Å². The van der Waals surface area contributed by atoms with Crippen LogP contribution in [0.3, 0.4) is 0 Å². The quantitative estimate of drug-likeness (QED) is 0.762. The highest BCUT2D eigenvalue weighted by Crippen LogP contribution is 2.27. The fraction of sp³-hybridized carbons (Fsp3) is 0.909. The monoisotopic (exact) mass is 278 g/mol. The molecule has 0 aliphatic carbocycles. The standard InChI is InChI=1S/C11H22N2O4S/c1-4-12(2)10(14)9-11(15)5-7-13(8-6-11)18(3,16)17/h15H,4-9H2,1-3H3. The van der Waals surface area contributed by atoms with Gasteiger partial charge in [-0.15, -0.1) is 0 Å². The van der Waals surface area contributed by atoms with Crippen LogP contribution in [0.2, 0.25) is 0 Å². The Bertz CT molecular complexity index is 399. The number of rotatable bonds is 4. The first-order valence-electron chi connectivity index (χ1n) is 6.09. The van der Waals surface area contributed by atoms with Crippen LogP contribution in [0.5, 0.6) is 0 Å². The smallest absolute Gasteiger partial charge is 0.225 e. The van der Waals surface area contributed by atoms with Gasteiger partial charge in [-0.25, -0.2) is 12.7 Å². The Labute approximate surface area is 109 Å². The number of hydrogen-bond donors (Lipinski definition) is 1. The van der Waals surface area contributed by atoms with Gasteiger partial charge in [-0.05, 0) is 19.8 Å². The molecule has 0 aromatic carbocycles. The fourth-order valence-corrected chi connectivity index (χ4v) is 2.85. The lowest BCUT2D eigenvalue weighted by Crippen LogP contribution is -2.48. The van der Waals surface area contributed by atoms with Gasteiger partial charge < -0.3 is 10.0 Å². The highest BCUT2D eigenvalue weighted by atomic mass is 32.2. The third kappa shape index (κ3) is 3.93. The Balaban J connectivity index is 2.57. The topological polar surface area (TPSA) is 77.9 Å². The molecule has 6 nitrogen and oxygen atoms in total. The number of carbonyl (C=O) groups is 1. The van der Waals surface area contributed by atoms with Gasteiger partial charge in [0.15, 0.2) is 0 Å². The number of nitrogens with zero attached hydrogens (tertiary/aromatic N) is 2. The second kappa shape index (κ2) is 5.54. The Kier molecular flexibility index (Phi) is 4.74. The van der Waals surface area contributed by atoms with E-state index in [-0.39, 0.29) is 25.4 Å². The molecule has 0 bridgehead atoms. The van der Waals surface area contributed by atoms with E-state index >= 15 is 0 Å². The molecule has 0 aromatic heterocycles.